The van der Waals surface area contributed by atoms with Crippen LogP contribution in [0.4, 0.5) is 0 Å². The van der Waals surface area contributed by atoms with Gasteiger partial charge < -0.3 is 33.8 Å². The SMILES string of the molecule is CCC(C)CCCCCCCCCCCCC(=O)O[C@H](COC(=O)CCCCCCCCCCC(C)CC)COP(=O)(O)OCC(O)COP(=O)(O)OC[C@@H](COC(=O)CCCCCCCCCC(C)C)OC(=O)CCCCCCCCCCC(C)CC. The number of unbranched alkanes of at least 4 members (excludes halogenated alkanes) is 29. The highest BCUT2D eigenvalue weighted by atomic mass is 31.2. The molecule has 0 spiro atoms. The normalized spacial score (nSPS) is 15.2. The Hall–Kier alpha value is -1.94. The molecule has 0 aromatic carbocycles. The van der Waals surface area contributed by atoms with Crippen LogP contribution < -0.4 is 0 Å². The molecule has 0 aliphatic heterocycles. The highest BCUT2D eigenvalue weighted by Crippen LogP contribution is 2.45. The third-order valence-corrected chi connectivity index (χ3v) is 18.8. The number of rotatable bonds is 66. The van der Waals surface area contributed by atoms with E-state index in [9.17, 15) is 43.2 Å². The molecule has 88 heavy (non-hydrogen) atoms. The molecule has 8 atom stereocenters. The first-order valence-corrected chi connectivity index (χ1v) is 38.8. The number of hydrogen-bond acceptors (Lipinski definition) is 15. The van der Waals surface area contributed by atoms with Crippen LogP contribution in [-0.4, -0.2) is 96.7 Å². The topological polar surface area (TPSA) is 237 Å². The summed E-state index contributed by atoms with van der Waals surface area (Å²) in [5.41, 5.74) is 0. The number of aliphatic hydroxyl groups excluding tert-OH is 1. The number of ether oxygens (including phenoxy) is 4. The van der Waals surface area contributed by atoms with E-state index in [1.165, 1.54) is 135 Å². The van der Waals surface area contributed by atoms with Gasteiger partial charge >= 0.3 is 39.5 Å². The minimum absolute atomic E-state index is 0.104. The first-order chi connectivity index (χ1) is 42.2. The Morgan fingerprint density at radius 2 is 0.545 bits per heavy atom. The van der Waals surface area contributed by atoms with Crippen molar-refractivity contribution in [1.82, 2.24) is 0 Å². The fraction of sp³-hybridized carbons (Fsp3) is 0.942. The summed E-state index contributed by atoms with van der Waals surface area (Å²) in [6.45, 7) is 14.1. The summed E-state index contributed by atoms with van der Waals surface area (Å²) in [6.07, 6.45) is 40.2. The highest BCUT2D eigenvalue weighted by molar-refractivity contribution is 7.47. The van der Waals surface area contributed by atoms with Gasteiger partial charge in [-0.1, -0.05) is 287 Å². The third kappa shape index (κ3) is 59.1. The van der Waals surface area contributed by atoms with Crippen molar-refractivity contribution in [1.29, 1.82) is 0 Å². The summed E-state index contributed by atoms with van der Waals surface area (Å²) in [5.74, 6) is 0.922. The first kappa shape index (κ1) is 86.1. The van der Waals surface area contributed by atoms with Gasteiger partial charge in [-0.15, -0.1) is 0 Å². The van der Waals surface area contributed by atoms with Crippen molar-refractivity contribution in [3.05, 3.63) is 0 Å². The predicted molar refractivity (Wildman–Crippen MR) is 354 cm³/mol. The number of carbonyl (C=O) groups is 4. The van der Waals surface area contributed by atoms with Crippen molar-refractivity contribution < 1.29 is 80.2 Å². The van der Waals surface area contributed by atoms with Gasteiger partial charge in [-0.3, -0.25) is 37.3 Å². The van der Waals surface area contributed by atoms with Gasteiger partial charge in [0.05, 0.1) is 26.4 Å². The molecule has 0 aliphatic carbocycles. The summed E-state index contributed by atoms with van der Waals surface area (Å²) in [6, 6.07) is 0. The van der Waals surface area contributed by atoms with Gasteiger partial charge in [-0.05, 0) is 49.4 Å². The second kappa shape index (κ2) is 58.8. The monoisotopic (exact) mass is 1300 g/mol. The van der Waals surface area contributed by atoms with Crippen molar-refractivity contribution in [2.45, 2.75) is 356 Å². The van der Waals surface area contributed by atoms with E-state index in [0.717, 1.165) is 114 Å². The zero-order valence-corrected chi connectivity index (χ0v) is 59.1. The van der Waals surface area contributed by atoms with Crippen LogP contribution in [0.25, 0.3) is 0 Å². The van der Waals surface area contributed by atoms with Crippen LogP contribution in [-0.2, 0) is 65.4 Å². The number of phosphoric ester groups is 2. The second-order valence-electron chi connectivity index (χ2n) is 26.1. The van der Waals surface area contributed by atoms with Crippen LogP contribution in [0.3, 0.4) is 0 Å². The van der Waals surface area contributed by atoms with Gasteiger partial charge in [0, 0.05) is 25.7 Å². The highest BCUT2D eigenvalue weighted by Gasteiger charge is 2.30. The van der Waals surface area contributed by atoms with Crippen LogP contribution in [0.1, 0.15) is 338 Å². The molecule has 17 nitrogen and oxygen atoms in total. The van der Waals surface area contributed by atoms with Gasteiger partial charge in [0.25, 0.3) is 0 Å². The van der Waals surface area contributed by atoms with E-state index >= 15 is 0 Å². The predicted octanol–water partition coefficient (Wildman–Crippen LogP) is 19.3. The number of phosphoric acid groups is 2. The molecule has 0 heterocycles. The summed E-state index contributed by atoms with van der Waals surface area (Å²) < 4.78 is 68.2. The molecule has 0 saturated carbocycles. The molecule has 0 radical (unpaired) electrons. The molecule has 0 amide bonds. The molecule has 0 saturated heterocycles. The fourth-order valence-corrected chi connectivity index (χ4v) is 11.8. The third-order valence-electron chi connectivity index (χ3n) is 16.9. The standard InChI is InChI=1S/C69H134O17P2/c1-9-60(6)46-38-30-22-14-12-13-15-26-35-43-51-68(73)85-64(55-79-66(71)49-41-33-25-18-16-23-31-39-47-61(7)10-2)57-83-87(75,76)81-53-63(70)54-82-88(77,78)84-58-65(56-80-67(72)50-42-34-28-20-21-29-37-45-59(4)5)86-69(74)52-44-36-27-19-17-24-32-40-48-62(8)11-3/h59-65,70H,9-58H2,1-8H3,(H,75,76)(H,77,78)/t60?,61?,62?,63?,64-,65-/m1/s1. The number of esters is 4. The maximum absolute atomic E-state index is 13.0. The molecule has 6 unspecified atom stereocenters. The fourth-order valence-electron chi connectivity index (χ4n) is 10.2. The average molecular weight is 1300 g/mol. The summed E-state index contributed by atoms with van der Waals surface area (Å²) in [7, 11) is -9.90. The zero-order valence-electron chi connectivity index (χ0n) is 57.3. The minimum atomic E-state index is -4.95. The van der Waals surface area contributed by atoms with Gasteiger partial charge in [0.15, 0.2) is 12.2 Å². The van der Waals surface area contributed by atoms with Crippen molar-refractivity contribution >= 4 is 39.5 Å². The Kier molecular flexibility index (Phi) is 57.6. The van der Waals surface area contributed by atoms with Crippen molar-refractivity contribution in [2.24, 2.45) is 23.7 Å². The van der Waals surface area contributed by atoms with Crippen molar-refractivity contribution in [3.63, 3.8) is 0 Å². The Labute approximate surface area is 537 Å². The van der Waals surface area contributed by atoms with Gasteiger partial charge in [0.2, 0.25) is 0 Å². The van der Waals surface area contributed by atoms with Crippen LogP contribution in [0.2, 0.25) is 0 Å². The van der Waals surface area contributed by atoms with Crippen molar-refractivity contribution in [3.8, 4) is 0 Å². The molecule has 522 valence electrons. The Morgan fingerprint density at radius 1 is 0.318 bits per heavy atom. The van der Waals surface area contributed by atoms with E-state index in [1.807, 2.05) is 0 Å². The molecule has 0 aliphatic rings. The molecule has 3 N–H and O–H groups in total. The number of hydrogen-bond donors (Lipinski definition) is 3. The molecule has 19 heteroatoms. The number of carbonyl (C=O) groups excluding carboxylic acids is 4. The summed E-state index contributed by atoms with van der Waals surface area (Å²) in [4.78, 5) is 72.5. The Balaban J connectivity index is 5.28. The molecule has 0 bridgehead atoms. The van der Waals surface area contributed by atoms with E-state index in [4.69, 9.17) is 37.0 Å². The molecule has 0 rings (SSSR count). The second-order valence-corrected chi connectivity index (χ2v) is 29.0. The first-order valence-electron chi connectivity index (χ1n) is 35.8. The van der Waals surface area contributed by atoms with Crippen LogP contribution in [0, 0.1) is 23.7 Å². The largest absolute Gasteiger partial charge is 0.472 e. The zero-order chi connectivity index (χ0) is 65.4. The van der Waals surface area contributed by atoms with Gasteiger partial charge in [-0.2, -0.15) is 0 Å². The van der Waals surface area contributed by atoms with E-state index < -0.39 is 97.5 Å². The maximum atomic E-state index is 13.0. The summed E-state index contributed by atoms with van der Waals surface area (Å²) in [5, 5.41) is 10.6. The lowest BCUT2D eigenvalue weighted by molar-refractivity contribution is -0.161. The molecule has 0 fully saturated rings. The van der Waals surface area contributed by atoms with Crippen LogP contribution in [0.5, 0.6) is 0 Å². The lowest BCUT2D eigenvalue weighted by atomic mass is 9.99. The summed E-state index contributed by atoms with van der Waals surface area (Å²) >= 11 is 0. The molecular weight excluding hydrogens is 1160 g/mol. The minimum Gasteiger partial charge on any atom is -0.462 e. The van der Waals surface area contributed by atoms with E-state index in [1.54, 1.807) is 0 Å². The molecule has 0 aromatic rings. The lowest BCUT2D eigenvalue weighted by Crippen LogP contribution is -2.30. The molecular formula is C69H134O17P2. The number of aliphatic hydroxyl groups is 1. The average Bonchev–Trinajstić information content (AvgIpc) is 3.55. The van der Waals surface area contributed by atoms with E-state index in [-0.39, 0.29) is 25.7 Å². The van der Waals surface area contributed by atoms with Gasteiger partial charge in [-0.25, -0.2) is 9.13 Å². The van der Waals surface area contributed by atoms with E-state index in [0.29, 0.717) is 31.6 Å². The Bertz CT molecular complexity index is 1750. The van der Waals surface area contributed by atoms with Crippen LogP contribution >= 0.6 is 15.6 Å². The Morgan fingerprint density at radius 3 is 0.807 bits per heavy atom. The van der Waals surface area contributed by atoms with Gasteiger partial charge in [0.1, 0.15) is 19.3 Å². The van der Waals surface area contributed by atoms with E-state index in [2.05, 4.69) is 55.4 Å². The molecule has 0 aromatic heterocycles. The van der Waals surface area contributed by atoms with Crippen LogP contribution in [0.15, 0.2) is 0 Å². The lowest BCUT2D eigenvalue weighted by Gasteiger charge is -2.21. The quantitative estimate of drug-likeness (QED) is 0.0222. The van der Waals surface area contributed by atoms with Crippen molar-refractivity contribution in [2.75, 3.05) is 39.6 Å². The smallest absolute Gasteiger partial charge is 0.462 e. The maximum Gasteiger partial charge on any atom is 0.472 e.